The van der Waals surface area contributed by atoms with E-state index in [2.05, 4.69) is 15.3 Å². The van der Waals surface area contributed by atoms with Crippen LogP contribution >= 0.6 is 0 Å². The minimum Gasteiger partial charge on any atom is -0.371 e. The van der Waals surface area contributed by atoms with Gasteiger partial charge in [-0.3, -0.25) is 9.59 Å². The van der Waals surface area contributed by atoms with E-state index in [1.54, 1.807) is 6.07 Å². The third-order valence-corrected chi connectivity index (χ3v) is 5.48. The third kappa shape index (κ3) is 3.98. The molecule has 1 amide bonds. The number of hydrogen-bond acceptors (Lipinski definition) is 4. The first kappa shape index (κ1) is 21.6. The molecule has 0 aliphatic carbocycles. The fourth-order valence-electron chi connectivity index (χ4n) is 3.89. The quantitative estimate of drug-likeness (QED) is 0.658. The SMILES string of the molecule is CCN1CCc2ccc(NC(=O)c3nn(-c4ccccc4C(F)(F)F)c(C)cc3=O)cc21. The van der Waals surface area contributed by atoms with Crippen molar-refractivity contribution in [2.24, 2.45) is 0 Å². The Labute approximate surface area is 182 Å². The van der Waals surface area contributed by atoms with Crippen LogP contribution in [0.25, 0.3) is 5.69 Å². The summed E-state index contributed by atoms with van der Waals surface area (Å²) < 4.78 is 41.4. The second-order valence-corrected chi connectivity index (χ2v) is 7.55. The van der Waals surface area contributed by atoms with E-state index in [-0.39, 0.29) is 11.4 Å². The zero-order valence-corrected chi connectivity index (χ0v) is 17.5. The zero-order chi connectivity index (χ0) is 23.0. The normalized spacial score (nSPS) is 13.2. The Kier molecular flexibility index (Phi) is 5.50. The maximum Gasteiger partial charge on any atom is 0.418 e. The first-order chi connectivity index (χ1) is 15.2. The summed E-state index contributed by atoms with van der Waals surface area (Å²) in [6.45, 7) is 5.22. The number of carbonyl (C=O) groups is 1. The summed E-state index contributed by atoms with van der Waals surface area (Å²) >= 11 is 0. The van der Waals surface area contributed by atoms with E-state index in [0.29, 0.717) is 5.69 Å². The number of fused-ring (bicyclic) bond motifs is 1. The Morgan fingerprint density at radius 1 is 1.12 bits per heavy atom. The molecule has 166 valence electrons. The van der Waals surface area contributed by atoms with E-state index < -0.39 is 28.8 Å². The van der Waals surface area contributed by atoms with E-state index >= 15 is 0 Å². The van der Waals surface area contributed by atoms with Crippen LogP contribution in [0.5, 0.6) is 0 Å². The van der Waals surface area contributed by atoms with Gasteiger partial charge in [0.2, 0.25) is 5.43 Å². The average Bonchev–Trinajstić information content (AvgIpc) is 3.15. The van der Waals surface area contributed by atoms with Crippen LogP contribution in [0.2, 0.25) is 0 Å². The standard InChI is InChI=1S/C23H21F3N4O2/c1-3-29-11-10-15-8-9-16(13-19(15)29)27-22(32)21-20(31)12-14(2)30(28-21)18-7-5-4-6-17(18)23(24,25)26/h4-9,12-13H,3,10-11H2,1-2H3,(H,27,32). The molecule has 1 aromatic heterocycles. The van der Waals surface area contributed by atoms with Crippen LogP contribution in [0, 0.1) is 6.92 Å². The number of anilines is 2. The van der Waals surface area contributed by atoms with Crippen LogP contribution in [0.15, 0.2) is 53.3 Å². The first-order valence-electron chi connectivity index (χ1n) is 10.2. The zero-order valence-electron chi connectivity index (χ0n) is 17.5. The Morgan fingerprint density at radius 3 is 2.59 bits per heavy atom. The molecule has 0 unspecified atom stereocenters. The van der Waals surface area contributed by atoms with Crippen molar-refractivity contribution < 1.29 is 18.0 Å². The van der Waals surface area contributed by atoms with Gasteiger partial charge in [0.25, 0.3) is 5.91 Å². The number of aromatic nitrogens is 2. The Bertz CT molecular complexity index is 1250. The monoisotopic (exact) mass is 442 g/mol. The number of nitrogens with one attached hydrogen (secondary N) is 1. The predicted octanol–water partition coefficient (Wildman–Crippen LogP) is 4.19. The minimum atomic E-state index is -4.62. The number of halogens is 3. The number of nitrogens with zero attached hydrogens (tertiary/aromatic N) is 3. The molecule has 0 atom stereocenters. The summed E-state index contributed by atoms with van der Waals surface area (Å²) in [5.74, 6) is -0.783. The molecule has 9 heteroatoms. The maximum atomic E-state index is 13.5. The summed E-state index contributed by atoms with van der Waals surface area (Å²) in [7, 11) is 0. The lowest BCUT2D eigenvalue weighted by molar-refractivity contribution is -0.137. The predicted molar refractivity (Wildman–Crippen MR) is 116 cm³/mol. The van der Waals surface area contributed by atoms with Crippen molar-refractivity contribution in [3.8, 4) is 5.69 Å². The Morgan fingerprint density at radius 2 is 1.88 bits per heavy atom. The lowest BCUT2D eigenvalue weighted by atomic mass is 10.1. The first-order valence-corrected chi connectivity index (χ1v) is 10.2. The molecule has 6 nitrogen and oxygen atoms in total. The highest BCUT2D eigenvalue weighted by Gasteiger charge is 2.34. The topological polar surface area (TPSA) is 67.2 Å². The molecule has 32 heavy (non-hydrogen) atoms. The molecular formula is C23H21F3N4O2. The van der Waals surface area contributed by atoms with Crippen LogP contribution in [-0.2, 0) is 12.6 Å². The highest BCUT2D eigenvalue weighted by atomic mass is 19.4. The van der Waals surface area contributed by atoms with Crippen molar-refractivity contribution in [3.05, 3.63) is 81.3 Å². The second-order valence-electron chi connectivity index (χ2n) is 7.55. The summed E-state index contributed by atoms with van der Waals surface area (Å²) in [6, 6.07) is 11.5. The fraction of sp³-hybridized carbons (Fsp3) is 0.261. The summed E-state index contributed by atoms with van der Waals surface area (Å²) in [4.78, 5) is 27.5. The van der Waals surface area contributed by atoms with E-state index in [1.807, 2.05) is 19.1 Å². The van der Waals surface area contributed by atoms with Gasteiger partial charge < -0.3 is 10.2 Å². The molecule has 2 heterocycles. The average molecular weight is 442 g/mol. The van der Waals surface area contributed by atoms with Crippen molar-refractivity contribution in [3.63, 3.8) is 0 Å². The molecule has 0 fully saturated rings. The van der Waals surface area contributed by atoms with E-state index in [0.717, 1.165) is 42.0 Å². The van der Waals surface area contributed by atoms with Gasteiger partial charge in [-0.15, -0.1) is 0 Å². The van der Waals surface area contributed by atoms with Gasteiger partial charge in [0.05, 0.1) is 11.3 Å². The van der Waals surface area contributed by atoms with Gasteiger partial charge in [-0.25, -0.2) is 4.68 Å². The number of benzene rings is 2. The van der Waals surface area contributed by atoms with Crippen molar-refractivity contribution in [2.75, 3.05) is 23.3 Å². The molecule has 0 saturated heterocycles. The van der Waals surface area contributed by atoms with Gasteiger partial charge in [-0.1, -0.05) is 18.2 Å². The molecule has 0 spiro atoms. The van der Waals surface area contributed by atoms with Gasteiger partial charge in [0.1, 0.15) is 0 Å². The van der Waals surface area contributed by atoms with Gasteiger partial charge >= 0.3 is 6.18 Å². The molecule has 3 aromatic rings. The number of likely N-dealkylation sites (N-methyl/N-ethyl adjacent to an activating group) is 1. The van der Waals surface area contributed by atoms with Gasteiger partial charge in [0.15, 0.2) is 5.69 Å². The van der Waals surface area contributed by atoms with Crippen molar-refractivity contribution in [2.45, 2.75) is 26.4 Å². The smallest absolute Gasteiger partial charge is 0.371 e. The van der Waals surface area contributed by atoms with Gasteiger partial charge in [0, 0.05) is 36.2 Å². The molecule has 0 saturated carbocycles. The molecule has 1 aliphatic rings. The van der Waals surface area contributed by atoms with E-state index in [1.165, 1.54) is 30.7 Å². The van der Waals surface area contributed by atoms with Gasteiger partial charge in [-0.2, -0.15) is 18.3 Å². The number of aryl methyl sites for hydroxylation is 1. The maximum absolute atomic E-state index is 13.5. The van der Waals surface area contributed by atoms with Crippen molar-refractivity contribution in [1.29, 1.82) is 0 Å². The second kappa shape index (κ2) is 8.14. The summed E-state index contributed by atoms with van der Waals surface area (Å²) in [5.41, 5.74) is 0.518. The third-order valence-electron chi connectivity index (χ3n) is 5.48. The minimum absolute atomic E-state index is 0.180. The number of rotatable bonds is 4. The van der Waals surface area contributed by atoms with Crippen LogP contribution in [0.3, 0.4) is 0 Å². The largest absolute Gasteiger partial charge is 0.418 e. The molecule has 1 aliphatic heterocycles. The van der Waals surface area contributed by atoms with Crippen molar-refractivity contribution >= 4 is 17.3 Å². The fourth-order valence-corrected chi connectivity index (χ4v) is 3.89. The Hall–Kier alpha value is -3.62. The highest BCUT2D eigenvalue weighted by Crippen LogP contribution is 2.34. The Balaban J connectivity index is 1.71. The molecule has 1 N–H and O–H groups in total. The lowest BCUT2D eigenvalue weighted by Crippen LogP contribution is -2.27. The van der Waals surface area contributed by atoms with E-state index in [4.69, 9.17) is 0 Å². The molecule has 2 aromatic carbocycles. The number of amides is 1. The molecular weight excluding hydrogens is 421 g/mol. The number of para-hydroxylation sites is 1. The van der Waals surface area contributed by atoms with E-state index in [9.17, 15) is 22.8 Å². The molecule has 0 bridgehead atoms. The number of carbonyl (C=O) groups excluding carboxylic acids is 1. The van der Waals surface area contributed by atoms with Crippen LogP contribution < -0.4 is 15.6 Å². The summed E-state index contributed by atoms with van der Waals surface area (Å²) in [5, 5.41) is 6.65. The number of hydrogen-bond donors (Lipinski definition) is 1. The summed E-state index contributed by atoms with van der Waals surface area (Å²) in [6.07, 6.45) is -3.70. The highest BCUT2D eigenvalue weighted by molar-refractivity contribution is 6.03. The lowest BCUT2D eigenvalue weighted by Gasteiger charge is -2.18. The van der Waals surface area contributed by atoms with Crippen LogP contribution in [-0.4, -0.2) is 28.8 Å². The molecule has 4 rings (SSSR count). The van der Waals surface area contributed by atoms with Gasteiger partial charge in [-0.05, 0) is 50.1 Å². The molecule has 0 radical (unpaired) electrons. The van der Waals surface area contributed by atoms with Crippen LogP contribution in [0.1, 0.15) is 34.2 Å². The van der Waals surface area contributed by atoms with Crippen molar-refractivity contribution in [1.82, 2.24) is 9.78 Å². The number of alkyl halides is 3. The van der Waals surface area contributed by atoms with Crippen LogP contribution in [0.4, 0.5) is 24.5 Å².